The fourth-order valence-electron chi connectivity index (χ4n) is 3.08. The number of rotatable bonds is 3. The third kappa shape index (κ3) is 4.27. The number of carbonyl (C=O) groups is 2. The molecule has 0 spiro atoms. The Morgan fingerprint density at radius 2 is 1.32 bits per heavy atom. The molecule has 0 saturated carbocycles. The van der Waals surface area contributed by atoms with Crippen molar-refractivity contribution in [3.8, 4) is 0 Å². The lowest BCUT2D eigenvalue weighted by Gasteiger charge is -2.32. The van der Waals surface area contributed by atoms with E-state index in [2.05, 4.69) is 5.32 Å². The highest BCUT2D eigenvalue weighted by atomic mass is 16.2. The smallest absolute Gasteiger partial charge is 0.253 e. The van der Waals surface area contributed by atoms with E-state index < -0.39 is 0 Å². The number of nitrogens with one attached hydrogen (secondary N) is 1. The number of amides is 2. The zero-order chi connectivity index (χ0) is 17.8. The maximum atomic E-state index is 12.5. The van der Waals surface area contributed by atoms with Gasteiger partial charge in [-0.1, -0.05) is 35.4 Å². The van der Waals surface area contributed by atoms with Crippen LogP contribution in [-0.4, -0.2) is 35.8 Å². The standard InChI is InChI=1S/C21H24N2O2/c1-15-3-7-17(8-4-15)20(24)22-19-11-13-23(14-12-19)21(25)18-9-5-16(2)6-10-18/h3-10,19H,11-14H2,1-2H3,(H,22,24). The van der Waals surface area contributed by atoms with Crippen LogP contribution in [0.5, 0.6) is 0 Å². The third-order valence-corrected chi connectivity index (χ3v) is 4.73. The molecule has 1 N–H and O–H groups in total. The van der Waals surface area contributed by atoms with Crippen molar-refractivity contribution in [3.05, 3.63) is 70.8 Å². The lowest BCUT2D eigenvalue weighted by atomic mass is 10.0. The highest BCUT2D eigenvalue weighted by Gasteiger charge is 2.24. The van der Waals surface area contributed by atoms with Gasteiger partial charge in [-0.25, -0.2) is 0 Å². The van der Waals surface area contributed by atoms with Crippen molar-refractivity contribution in [1.29, 1.82) is 0 Å². The third-order valence-electron chi connectivity index (χ3n) is 4.73. The molecule has 2 aromatic rings. The molecule has 1 fully saturated rings. The number of hydrogen-bond donors (Lipinski definition) is 1. The monoisotopic (exact) mass is 336 g/mol. The van der Waals surface area contributed by atoms with E-state index in [-0.39, 0.29) is 17.9 Å². The van der Waals surface area contributed by atoms with Gasteiger partial charge in [0.15, 0.2) is 0 Å². The molecule has 25 heavy (non-hydrogen) atoms. The second-order valence-electron chi connectivity index (χ2n) is 6.77. The molecular formula is C21H24N2O2. The van der Waals surface area contributed by atoms with Crippen molar-refractivity contribution in [2.24, 2.45) is 0 Å². The Morgan fingerprint density at radius 1 is 0.840 bits per heavy atom. The molecule has 1 aliphatic rings. The molecule has 2 aromatic carbocycles. The van der Waals surface area contributed by atoms with Crippen LogP contribution in [0.1, 0.15) is 44.7 Å². The number of likely N-dealkylation sites (tertiary alicyclic amines) is 1. The van der Waals surface area contributed by atoms with Crippen LogP contribution in [-0.2, 0) is 0 Å². The quantitative estimate of drug-likeness (QED) is 0.934. The number of benzene rings is 2. The second-order valence-corrected chi connectivity index (χ2v) is 6.77. The lowest BCUT2D eigenvalue weighted by Crippen LogP contribution is -2.46. The van der Waals surface area contributed by atoms with Gasteiger partial charge < -0.3 is 10.2 Å². The van der Waals surface area contributed by atoms with Crippen molar-refractivity contribution >= 4 is 11.8 Å². The van der Waals surface area contributed by atoms with Crippen LogP contribution in [0.2, 0.25) is 0 Å². The highest BCUT2D eigenvalue weighted by Crippen LogP contribution is 2.15. The summed E-state index contributed by atoms with van der Waals surface area (Å²) in [6.07, 6.45) is 1.57. The summed E-state index contributed by atoms with van der Waals surface area (Å²) in [5, 5.41) is 3.08. The van der Waals surface area contributed by atoms with Crippen LogP contribution in [0.15, 0.2) is 48.5 Å². The second kappa shape index (κ2) is 7.51. The van der Waals surface area contributed by atoms with E-state index >= 15 is 0 Å². The molecule has 0 unspecified atom stereocenters. The van der Waals surface area contributed by atoms with Crippen molar-refractivity contribution in [2.45, 2.75) is 32.7 Å². The zero-order valence-electron chi connectivity index (χ0n) is 14.8. The largest absolute Gasteiger partial charge is 0.349 e. The Kier molecular flexibility index (Phi) is 5.17. The summed E-state index contributed by atoms with van der Waals surface area (Å²) in [4.78, 5) is 26.7. The maximum Gasteiger partial charge on any atom is 0.253 e. The Morgan fingerprint density at radius 3 is 1.84 bits per heavy atom. The van der Waals surface area contributed by atoms with Crippen LogP contribution in [0, 0.1) is 13.8 Å². The molecule has 0 radical (unpaired) electrons. The minimum absolute atomic E-state index is 0.0386. The van der Waals surface area contributed by atoms with Crippen molar-refractivity contribution in [1.82, 2.24) is 10.2 Å². The van der Waals surface area contributed by atoms with Crippen LogP contribution in [0.3, 0.4) is 0 Å². The first kappa shape index (κ1) is 17.2. The van der Waals surface area contributed by atoms with Gasteiger partial charge in [0.25, 0.3) is 11.8 Å². The fraction of sp³-hybridized carbons (Fsp3) is 0.333. The Hall–Kier alpha value is -2.62. The average Bonchev–Trinajstić information content (AvgIpc) is 2.63. The molecule has 2 amide bonds. The van der Waals surface area contributed by atoms with Gasteiger partial charge in [-0.2, -0.15) is 0 Å². The normalized spacial score (nSPS) is 15.0. The van der Waals surface area contributed by atoms with Gasteiger partial charge in [-0.3, -0.25) is 9.59 Å². The van der Waals surface area contributed by atoms with Gasteiger partial charge in [-0.05, 0) is 51.0 Å². The number of piperidine rings is 1. The number of hydrogen-bond acceptors (Lipinski definition) is 2. The molecule has 1 saturated heterocycles. The SMILES string of the molecule is Cc1ccc(C(=O)NC2CCN(C(=O)c3ccc(C)cc3)CC2)cc1. The van der Waals surface area contributed by atoms with E-state index in [0.717, 1.165) is 29.5 Å². The van der Waals surface area contributed by atoms with Crippen LogP contribution in [0.4, 0.5) is 0 Å². The van der Waals surface area contributed by atoms with E-state index in [1.165, 1.54) is 0 Å². The molecule has 3 rings (SSSR count). The van der Waals surface area contributed by atoms with E-state index in [1.54, 1.807) is 0 Å². The van der Waals surface area contributed by atoms with Crippen LogP contribution < -0.4 is 5.32 Å². The summed E-state index contributed by atoms with van der Waals surface area (Å²) in [5.74, 6) is 0.0339. The zero-order valence-corrected chi connectivity index (χ0v) is 14.8. The van der Waals surface area contributed by atoms with Crippen molar-refractivity contribution in [2.75, 3.05) is 13.1 Å². The Balaban J connectivity index is 1.53. The van der Waals surface area contributed by atoms with Gasteiger partial charge in [0.05, 0.1) is 0 Å². The molecule has 0 aromatic heterocycles. The summed E-state index contributed by atoms with van der Waals surface area (Å²) in [6.45, 7) is 5.36. The Bertz CT molecular complexity index is 742. The van der Waals surface area contributed by atoms with Gasteiger partial charge in [0, 0.05) is 30.3 Å². The average molecular weight is 336 g/mol. The predicted octanol–water partition coefficient (Wildman–Crippen LogP) is 3.34. The molecule has 0 atom stereocenters. The van der Waals surface area contributed by atoms with Gasteiger partial charge in [0.1, 0.15) is 0 Å². The molecular weight excluding hydrogens is 312 g/mol. The van der Waals surface area contributed by atoms with Crippen LogP contribution in [0.25, 0.3) is 0 Å². The first-order valence-electron chi connectivity index (χ1n) is 8.76. The van der Waals surface area contributed by atoms with Crippen molar-refractivity contribution < 1.29 is 9.59 Å². The van der Waals surface area contributed by atoms with Gasteiger partial charge >= 0.3 is 0 Å². The van der Waals surface area contributed by atoms with Crippen LogP contribution >= 0.6 is 0 Å². The summed E-state index contributed by atoms with van der Waals surface area (Å²) in [7, 11) is 0. The first-order valence-corrected chi connectivity index (χ1v) is 8.76. The van der Waals surface area contributed by atoms with Crippen molar-refractivity contribution in [3.63, 3.8) is 0 Å². The number of aryl methyl sites for hydroxylation is 2. The first-order chi connectivity index (χ1) is 12.0. The fourth-order valence-corrected chi connectivity index (χ4v) is 3.08. The van der Waals surface area contributed by atoms with Gasteiger partial charge in [0.2, 0.25) is 0 Å². The minimum Gasteiger partial charge on any atom is -0.349 e. The summed E-state index contributed by atoms with van der Waals surface area (Å²) in [6, 6.07) is 15.4. The summed E-state index contributed by atoms with van der Waals surface area (Å²) >= 11 is 0. The number of carbonyl (C=O) groups excluding carboxylic acids is 2. The lowest BCUT2D eigenvalue weighted by molar-refractivity contribution is 0.0698. The molecule has 130 valence electrons. The maximum absolute atomic E-state index is 12.5. The van der Waals surface area contributed by atoms with E-state index in [0.29, 0.717) is 18.7 Å². The van der Waals surface area contributed by atoms with E-state index in [4.69, 9.17) is 0 Å². The summed E-state index contributed by atoms with van der Waals surface area (Å²) in [5.41, 5.74) is 3.70. The molecule has 4 heteroatoms. The Labute approximate surface area is 148 Å². The molecule has 1 aliphatic heterocycles. The van der Waals surface area contributed by atoms with E-state index in [1.807, 2.05) is 67.3 Å². The molecule has 4 nitrogen and oxygen atoms in total. The van der Waals surface area contributed by atoms with Gasteiger partial charge in [-0.15, -0.1) is 0 Å². The highest BCUT2D eigenvalue weighted by molar-refractivity contribution is 5.95. The minimum atomic E-state index is -0.0386. The van der Waals surface area contributed by atoms with E-state index in [9.17, 15) is 9.59 Å². The number of nitrogens with zero attached hydrogens (tertiary/aromatic N) is 1. The molecule has 0 aliphatic carbocycles. The predicted molar refractivity (Wildman–Crippen MR) is 98.7 cm³/mol. The molecule has 1 heterocycles. The summed E-state index contributed by atoms with van der Waals surface area (Å²) < 4.78 is 0. The topological polar surface area (TPSA) is 49.4 Å². The molecule has 0 bridgehead atoms.